The van der Waals surface area contributed by atoms with E-state index in [0.717, 1.165) is 55.6 Å². The number of hydrogen-bond acceptors (Lipinski definition) is 8. The van der Waals surface area contributed by atoms with Crippen molar-refractivity contribution >= 4 is 51.9 Å². The van der Waals surface area contributed by atoms with Crippen molar-refractivity contribution in [3.63, 3.8) is 0 Å². The van der Waals surface area contributed by atoms with E-state index in [2.05, 4.69) is 12.2 Å². The number of thioether (sulfide) groups is 1. The highest BCUT2D eigenvalue weighted by Gasteiger charge is 2.29. The van der Waals surface area contributed by atoms with Gasteiger partial charge in [0.2, 0.25) is 5.91 Å². The molecule has 198 valence electrons. The molecule has 1 aliphatic heterocycles. The average Bonchev–Trinajstić information content (AvgIpc) is 3.54. The van der Waals surface area contributed by atoms with Crippen molar-refractivity contribution in [2.24, 2.45) is 5.92 Å². The van der Waals surface area contributed by atoms with Crippen LogP contribution in [0.15, 0.2) is 29.2 Å². The van der Waals surface area contributed by atoms with Crippen LogP contribution in [0.5, 0.6) is 0 Å². The minimum absolute atomic E-state index is 0.0514. The Morgan fingerprint density at radius 2 is 1.86 bits per heavy atom. The van der Waals surface area contributed by atoms with Crippen molar-refractivity contribution in [1.82, 2.24) is 4.90 Å². The second kappa shape index (κ2) is 12.6. The second-order valence-electron chi connectivity index (χ2n) is 9.27. The van der Waals surface area contributed by atoms with Gasteiger partial charge in [-0.2, -0.15) is 0 Å². The molecule has 37 heavy (non-hydrogen) atoms. The van der Waals surface area contributed by atoms with Crippen molar-refractivity contribution in [3.8, 4) is 0 Å². The molecular weight excluding hydrogens is 512 g/mol. The highest BCUT2D eigenvalue weighted by Crippen LogP contribution is 2.40. The number of rotatable bonds is 9. The van der Waals surface area contributed by atoms with Crippen molar-refractivity contribution in [2.45, 2.75) is 50.8 Å². The normalized spacial score (nSPS) is 16.7. The zero-order valence-corrected chi connectivity index (χ0v) is 22.8. The van der Waals surface area contributed by atoms with Gasteiger partial charge >= 0.3 is 11.9 Å². The second-order valence-corrected chi connectivity index (χ2v) is 11.4. The summed E-state index contributed by atoms with van der Waals surface area (Å²) in [5, 5.41) is 3.20. The smallest absolute Gasteiger partial charge is 0.341 e. The number of amides is 2. The first kappa shape index (κ1) is 27.2. The molecule has 8 nitrogen and oxygen atoms in total. The summed E-state index contributed by atoms with van der Waals surface area (Å²) in [6.45, 7) is 5.22. The Labute approximate surface area is 225 Å². The van der Waals surface area contributed by atoms with Crippen molar-refractivity contribution in [1.29, 1.82) is 0 Å². The molecule has 2 aromatic rings. The van der Waals surface area contributed by atoms with Gasteiger partial charge in [-0.1, -0.05) is 19.1 Å². The summed E-state index contributed by atoms with van der Waals surface area (Å²) < 4.78 is 10.5. The van der Waals surface area contributed by atoms with E-state index in [9.17, 15) is 19.2 Å². The quantitative estimate of drug-likeness (QED) is 0.365. The third-order valence-electron chi connectivity index (χ3n) is 6.50. The van der Waals surface area contributed by atoms with Crippen LogP contribution in [0.1, 0.15) is 64.3 Å². The van der Waals surface area contributed by atoms with Gasteiger partial charge in [0.25, 0.3) is 5.91 Å². The topological polar surface area (TPSA) is 102 Å². The predicted octanol–water partition coefficient (Wildman–Crippen LogP) is 4.56. The van der Waals surface area contributed by atoms with E-state index in [-0.39, 0.29) is 18.3 Å². The van der Waals surface area contributed by atoms with Gasteiger partial charge in [0.15, 0.2) is 6.61 Å². The molecule has 1 fully saturated rings. The summed E-state index contributed by atoms with van der Waals surface area (Å²) in [5.74, 6) is -0.818. The number of carbonyl (C=O) groups is 4. The molecule has 1 aliphatic carbocycles. The number of nitrogens with zero attached hydrogens (tertiary/aromatic N) is 1. The molecule has 1 unspecified atom stereocenters. The van der Waals surface area contributed by atoms with Crippen LogP contribution in [0.25, 0.3) is 0 Å². The first-order chi connectivity index (χ1) is 17.9. The maximum Gasteiger partial charge on any atom is 0.341 e. The van der Waals surface area contributed by atoms with Gasteiger partial charge in [-0.05, 0) is 62.6 Å². The first-order valence-electron chi connectivity index (χ1n) is 12.7. The molecule has 1 saturated heterocycles. The number of thiophene rings is 1. The lowest BCUT2D eigenvalue weighted by Gasteiger charge is -2.18. The van der Waals surface area contributed by atoms with Gasteiger partial charge in [0.1, 0.15) is 5.00 Å². The number of benzene rings is 1. The van der Waals surface area contributed by atoms with E-state index in [1.807, 2.05) is 4.90 Å². The van der Waals surface area contributed by atoms with E-state index in [4.69, 9.17) is 9.47 Å². The monoisotopic (exact) mass is 544 g/mol. The summed E-state index contributed by atoms with van der Waals surface area (Å²) in [6.07, 6.45) is 4.64. The van der Waals surface area contributed by atoms with Gasteiger partial charge in [0, 0.05) is 22.9 Å². The Bertz CT molecular complexity index is 1170. The molecule has 2 amide bonds. The van der Waals surface area contributed by atoms with Gasteiger partial charge in [-0.25, -0.2) is 9.59 Å². The number of fused-ring (bicyclic) bond motifs is 1. The lowest BCUT2D eigenvalue weighted by atomic mass is 9.88. The SMILES string of the molecule is CCOC(=O)c1c(NC(=O)COC(=O)c2ccccc2SCC(=O)N2CCCC2)sc2c1CCC(C)C2. The van der Waals surface area contributed by atoms with Crippen LogP contribution in [-0.4, -0.2) is 60.7 Å². The fraction of sp³-hybridized carbons (Fsp3) is 0.481. The summed E-state index contributed by atoms with van der Waals surface area (Å²) in [4.78, 5) is 54.1. The molecule has 10 heteroatoms. The molecule has 2 aliphatic rings. The third kappa shape index (κ3) is 6.73. The van der Waals surface area contributed by atoms with Gasteiger partial charge in [-0.3, -0.25) is 9.59 Å². The predicted molar refractivity (Wildman–Crippen MR) is 143 cm³/mol. The molecule has 1 N–H and O–H groups in total. The van der Waals surface area contributed by atoms with Gasteiger partial charge in [0.05, 0.1) is 23.5 Å². The van der Waals surface area contributed by atoms with Crippen LogP contribution in [0.2, 0.25) is 0 Å². The number of esters is 2. The average molecular weight is 545 g/mol. The zero-order valence-electron chi connectivity index (χ0n) is 21.2. The van der Waals surface area contributed by atoms with Gasteiger partial charge < -0.3 is 19.7 Å². The standard InChI is InChI=1S/C27H32N2O6S2/c1-3-34-27(33)24-18-11-10-17(2)14-21(18)37-25(24)28-22(30)15-35-26(32)19-8-4-5-9-20(19)36-16-23(31)29-12-6-7-13-29/h4-5,8-9,17H,3,6-7,10-16H2,1-2H3,(H,28,30). The third-order valence-corrected chi connectivity index (χ3v) is 8.72. The van der Waals surface area contributed by atoms with E-state index in [1.54, 1.807) is 31.2 Å². The van der Waals surface area contributed by atoms with Crippen LogP contribution in [0.4, 0.5) is 5.00 Å². The van der Waals surface area contributed by atoms with Crippen LogP contribution < -0.4 is 5.32 Å². The molecule has 1 aromatic heterocycles. The van der Waals surface area contributed by atoms with Crippen LogP contribution >= 0.6 is 23.1 Å². The van der Waals surface area contributed by atoms with Crippen molar-refractivity contribution < 1.29 is 28.7 Å². The molecule has 2 heterocycles. The number of hydrogen-bond donors (Lipinski definition) is 1. The molecule has 1 aromatic carbocycles. The number of likely N-dealkylation sites (tertiary alicyclic amines) is 1. The van der Waals surface area contributed by atoms with E-state index in [0.29, 0.717) is 26.9 Å². The van der Waals surface area contributed by atoms with Crippen LogP contribution in [-0.2, 0) is 31.9 Å². The molecule has 1 atom stereocenters. The first-order valence-corrected chi connectivity index (χ1v) is 14.5. The van der Waals surface area contributed by atoms with E-state index < -0.39 is 24.5 Å². The number of anilines is 1. The summed E-state index contributed by atoms with van der Waals surface area (Å²) in [5.41, 5.74) is 1.67. The number of nitrogens with one attached hydrogen (secondary N) is 1. The Kier molecular flexibility index (Phi) is 9.26. The highest BCUT2D eigenvalue weighted by molar-refractivity contribution is 8.00. The van der Waals surface area contributed by atoms with Gasteiger partial charge in [-0.15, -0.1) is 23.1 Å². The minimum atomic E-state index is -0.642. The van der Waals surface area contributed by atoms with Crippen LogP contribution in [0.3, 0.4) is 0 Å². The fourth-order valence-electron chi connectivity index (χ4n) is 4.59. The maximum atomic E-state index is 12.8. The minimum Gasteiger partial charge on any atom is -0.462 e. The highest BCUT2D eigenvalue weighted by atomic mass is 32.2. The van der Waals surface area contributed by atoms with E-state index >= 15 is 0 Å². The van der Waals surface area contributed by atoms with Crippen molar-refractivity contribution in [3.05, 3.63) is 45.8 Å². The molecule has 0 bridgehead atoms. The zero-order chi connectivity index (χ0) is 26.4. The van der Waals surface area contributed by atoms with Crippen molar-refractivity contribution in [2.75, 3.05) is 37.4 Å². The summed E-state index contributed by atoms with van der Waals surface area (Å²) in [7, 11) is 0. The Morgan fingerprint density at radius 3 is 2.62 bits per heavy atom. The largest absolute Gasteiger partial charge is 0.462 e. The molecule has 0 spiro atoms. The molecule has 4 rings (SSSR count). The molecular formula is C27H32N2O6S2. The Hall–Kier alpha value is -2.85. The van der Waals surface area contributed by atoms with E-state index in [1.165, 1.54) is 23.1 Å². The fourth-order valence-corrected chi connectivity index (χ4v) is 6.95. The number of ether oxygens (including phenoxy) is 2. The molecule has 0 radical (unpaired) electrons. The maximum absolute atomic E-state index is 12.8. The Balaban J connectivity index is 1.38. The summed E-state index contributed by atoms with van der Waals surface area (Å²) in [6, 6.07) is 6.89. The van der Waals surface area contributed by atoms with Crippen LogP contribution in [0, 0.1) is 5.92 Å². The Morgan fingerprint density at radius 1 is 1.11 bits per heavy atom. The lowest BCUT2D eigenvalue weighted by Crippen LogP contribution is -2.29. The number of carbonyl (C=O) groups excluding carboxylic acids is 4. The molecule has 0 saturated carbocycles. The lowest BCUT2D eigenvalue weighted by molar-refractivity contribution is -0.127. The summed E-state index contributed by atoms with van der Waals surface area (Å²) >= 11 is 2.68.